The maximum absolute atomic E-state index is 13.5. The first-order chi connectivity index (χ1) is 9.49. The Kier molecular flexibility index (Phi) is 3.60. The quantitative estimate of drug-likeness (QED) is 0.511. The number of nitrogens with two attached hydrogens (primary N) is 1. The van der Waals surface area contributed by atoms with E-state index in [9.17, 15) is 19.3 Å². The molecule has 0 heterocycles. The summed E-state index contributed by atoms with van der Waals surface area (Å²) >= 11 is 0. The van der Waals surface area contributed by atoms with Gasteiger partial charge in [-0.15, -0.1) is 0 Å². The lowest BCUT2D eigenvalue weighted by atomic mass is 10.1. The number of benzene rings is 2. The summed E-state index contributed by atoms with van der Waals surface area (Å²) in [6.07, 6.45) is 0. The number of halogens is 1. The average molecular weight is 275 g/mol. The van der Waals surface area contributed by atoms with Crippen molar-refractivity contribution in [3.05, 3.63) is 64.0 Å². The van der Waals surface area contributed by atoms with Gasteiger partial charge in [0.15, 0.2) is 0 Å². The maximum atomic E-state index is 13.5. The van der Waals surface area contributed by atoms with Crippen LogP contribution in [0.15, 0.2) is 42.5 Å². The molecule has 0 fully saturated rings. The topological polar surface area (TPSA) is 98.3 Å². The molecule has 0 unspecified atom stereocenters. The van der Waals surface area contributed by atoms with Gasteiger partial charge >= 0.3 is 0 Å². The molecular weight excluding hydrogens is 265 g/mol. The van der Waals surface area contributed by atoms with Crippen LogP contribution in [0.3, 0.4) is 0 Å². The molecule has 6 nitrogen and oxygen atoms in total. The van der Waals surface area contributed by atoms with E-state index in [2.05, 4.69) is 5.32 Å². The van der Waals surface area contributed by atoms with Crippen molar-refractivity contribution in [1.82, 2.24) is 0 Å². The van der Waals surface area contributed by atoms with Crippen LogP contribution < -0.4 is 11.1 Å². The highest BCUT2D eigenvalue weighted by Crippen LogP contribution is 2.22. The second-order valence-corrected chi connectivity index (χ2v) is 3.97. The monoisotopic (exact) mass is 275 g/mol. The van der Waals surface area contributed by atoms with Crippen LogP contribution in [0.2, 0.25) is 0 Å². The van der Waals surface area contributed by atoms with E-state index < -0.39 is 16.6 Å². The van der Waals surface area contributed by atoms with Gasteiger partial charge < -0.3 is 11.1 Å². The molecule has 0 spiro atoms. The number of nitro groups is 1. The Labute approximate surface area is 113 Å². The lowest BCUT2D eigenvalue weighted by Crippen LogP contribution is -2.15. The molecule has 2 rings (SSSR count). The third-order valence-electron chi connectivity index (χ3n) is 2.58. The van der Waals surface area contributed by atoms with E-state index in [-0.39, 0.29) is 22.6 Å². The lowest BCUT2D eigenvalue weighted by molar-refractivity contribution is -0.385. The number of nitrogen functional groups attached to an aromatic ring is 1. The van der Waals surface area contributed by atoms with E-state index in [4.69, 9.17) is 5.73 Å². The summed E-state index contributed by atoms with van der Waals surface area (Å²) in [6, 6.07) is 9.10. The van der Waals surface area contributed by atoms with E-state index in [1.165, 1.54) is 36.4 Å². The molecule has 0 atom stereocenters. The zero-order valence-corrected chi connectivity index (χ0v) is 10.2. The molecule has 0 saturated heterocycles. The van der Waals surface area contributed by atoms with Crippen LogP contribution in [-0.2, 0) is 0 Å². The zero-order chi connectivity index (χ0) is 14.7. The molecule has 2 aromatic rings. The molecule has 2 aromatic carbocycles. The Hall–Kier alpha value is -2.96. The fourth-order valence-electron chi connectivity index (χ4n) is 1.65. The van der Waals surface area contributed by atoms with Crippen LogP contribution in [0, 0.1) is 15.9 Å². The predicted molar refractivity (Wildman–Crippen MR) is 71.9 cm³/mol. The van der Waals surface area contributed by atoms with E-state index in [1.54, 1.807) is 0 Å². The van der Waals surface area contributed by atoms with E-state index in [0.717, 1.165) is 6.07 Å². The fraction of sp³-hybridized carbons (Fsp3) is 0. The number of hydrogen-bond acceptors (Lipinski definition) is 4. The summed E-state index contributed by atoms with van der Waals surface area (Å²) < 4.78 is 13.5. The number of anilines is 2. The third-order valence-corrected chi connectivity index (χ3v) is 2.58. The Bertz CT molecular complexity index is 688. The van der Waals surface area contributed by atoms with Gasteiger partial charge in [0.2, 0.25) is 0 Å². The van der Waals surface area contributed by atoms with Crippen molar-refractivity contribution in [2.24, 2.45) is 0 Å². The van der Waals surface area contributed by atoms with Gasteiger partial charge in [0, 0.05) is 11.8 Å². The van der Waals surface area contributed by atoms with Crippen molar-refractivity contribution in [3.63, 3.8) is 0 Å². The summed E-state index contributed by atoms with van der Waals surface area (Å²) in [5.74, 6) is -1.45. The van der Waals surface area contributed by atoms with Crippen LogP contribution in [0.25, 0.3) is 0 Å². The highest BCUT2D eigenvalue weighted by atomic mass is 19.1. The van der Waals surface area contributed by atoms with Crippen LogP contribution in [0.4, 0.5) is 21.5 Å². The highest BCUT2D eigenvalue weighted by molar-refractivity contribution is 6.07. The molecule has 0 aliphatic rings. The fourth-order valence-corrected chi connectivity index (χ4v) is 1.65. The van der Waals surface area contributed by atoms with Gasteiger partial charge in [-0.3, -0.25) is 14.9 Å². The molecule has 7 heteroatoms. The second-order valence-electron chi connectivity index (χ2n) is 3.97. The van der Waals surface area contributed by atoms with E-state index in [0.29, 0.717) is 0 Å². The van der Waals surface area contributed by atoms with Crippen molar-refractivity contribution < 1.29 is 14.1 Å². The van der Waals surface area contributed by atoms with Crippen molar-refractivity contribution in [1.29, 1.82) is 0 Å². The van der Waals surface area contributed by atoms with Crippen molar-refractivity contribution in [3.8, 4) is 0 Å². The Morgan fingerprint density at radius 1 is 1.25 bits per heavy atom. The number of carbonyl (C=O) groups excluding carboxylic acids is 1. The number of para-hydroxylation sites is 1. The molecule has 0 radical (unpaired) electrons. The molecule has 0 aliphatic heterocycles. The van der Waals surface area contributed by atoms with Gasteiger partial charge in [0.1, 0.15) is 11.4 Å². The Morgan fingerprint density at radius 2 is 1.95 bits per heavy atom. The van der Waals surface area contributed by atoms with Crippen LogP contribution in [-0.4, -0.2) is 10.8 Å². The molecule has 1 amide bonds. The molecule has 0 saturated carbocycles. The first-order valence-electron chi connectivity index (χ1n) is 5.59. The molecule has 20 heavy (non-hydrogen) atoms. The molecular formula is C13H10FN3O3. The number of carbonyl (C=O) groups is 1. The van der Waals surface area contributed by atoms with E-state index >= 15 is 0 Å². The van der Waals surface area contributed by atoms with E-state index in [1.807, 2.05) is 0 Å². The minimum atomic E-state index is -0.776. The number of amides is 1. The summed E-state index contributed by atoms with van der Waals surface area (Å²) in [6.45, 7) is 0. The number of nitrogens with zero attached hydrogens (tertiary/aromatic N) is 1. The van der Waals surface area contributed by atoms with Crippen LogP contribution in [0.1, 0.15) is 10.4 Å². The average Bonchev–Trinajstić information content (AvgIpc) is 2.42. The first kappa shape index (κ1) is 13.5. The van der Waals surface area contributed by atoms with Crippen LogP contribution >= 0.6 is 0 Å². The van der Waals surface area contributed by atoms with Gasteiger partial charge in [-0.25, -0.2) is 4.39 Å². The highest BCUT2D eigenvalue weighted by Gasteiger charge is 2.20. The SMILES string of the molecule is Nc1ccc(F)c(NC(=O)c2ccccc2[N+](=O)[O-])c1. The molecule has 0 aromatic heterocycles. The Balaban J connectivity index is 2.33. The number of nitro benzene ring substituents is 1. The third kappa shape index (κ3) is 2.72. The minimum Gasteiger partial charge on any atom is -0.399 e. The summed E-state index contributed by atoms with van der Waals surface area (Å²) in [5.41, 5.74) is 5.12. The molecule has 3 N–H and O–H groups in total. The predicted octanol–water partition coefficient (Wildman–Crippen LogP) is 2.57. The molecule has 102 valence electrons. The largest absolute Gasteiger partial charge is 0.399 e. The standard InChI is InChI=1S/C13H10FN3O3/c14-10-6-5-8(15)7-11(10)16-13(18)9-3-1-2-4-12(9)17(19)20/h1-7H,15H2,(H,16,18). The first-order valence-corrected chi connectivity index (χ1v) is 5.59. The second kappa shape index (κ2) is 5.35. The summed E-state index contributed by atoms with van der Waals surface area (Å²) in [7, 11) is 0. The minimum absolute atomic E-state index is 0.131. The van der Waals surface area contributed by atoms with Gasteiger partial charge in [-0.1, -0.05) is 12.1 Å². The number of rotatable bonds is 3. The molecule has 0 bridgehead atoms. The van der Waals surface area contributed by atoms with Gasteiger partial charge in [0.25, 0.3) is 11.6 Å². The van der Waals surface area contributed by atoms with Gasteiger partial charge in [0.05, 0.1) is 10.6 Å². The van der Waals surface area contributed by atoms with Gasteiger partial charge in [-0.2, -0.15) is 0 Å². The Morgan fingerprint density at radius 3 is 2.65 bits per heavy atom. The zero-order valence-electron chi connectivity index (χ0n) is 10.2. The van der Waals surface area contributed by atoms with Crippen molar-refractivity contribution in [2.45, 2.75) is 0 Å². The smallest absolute Gasteiger partial charge is 0.282 e. The van der Waals surface area contributed by atoms with Crippen molar-refractivity contribution in [2.75, 3.05) is 11.1 Å². The van der Waals surface area contributed by atoms with Crippen molar-refractivity contribution >= 4 is 23.0 Å². The number of hydrogen-bond donors (Lipinski definition) is 2. The maximum Gasteiger partial charge on any atom is 0.282 e. The normalized spacial score (nSPS) is 10.1. The van der Waals surface area contributed by atoms with Gasteiger partial charge in [-0.05, 0) is 24.3 Å². The van der Waals surface area contributed by atoms with Crippen LogP contribution in [0.5, 0.6) is 0 Å². The summed E-state index contributed by atoms with van der Waals surface area (Å²) in [4.78, 5) is 22.1. The molecule has 0 aliphatic carbocycles. The summed E-state index contributed by atoms with van der Waals surface area (Å²) in [5, 5.41) is 13.1. The lowest BCUT2D eigenvalue weighted by Gasteiger charge is -2.07. The number of nitrogens with one attached hydrogen (secondary N) is 1.